The Bertz CT molecular complexity index is 503. The van der Waals surface area contributed by atoms with Crippen LogP contribution in [0.3, 0.4) is 0 Å². The number of nitrogens with one attached hydrogen (secondary N) is 1. The summed E-state index contributed by atoms with van der Waals surface area (Å²) in [4.78, 5) is 12.0. The monoisotopic (exact) mass is 244 g/mol. The second-order valence-electron chi connectivity index (χ2n) is 4.75. The third kappa shape index (κ3) is 2.45. The molecule has 1 atom stereocenters. The smallest absolute Gasteiger partial charge is 0.252 e. The Kier molecular flexibility index (Phi) is 3.52. The van der Waals surface area contributed by atoms with Crippen molar-refractivity contribution in [2.24, 2.45) is 5.92 Å². The summed E-state index contributed by atoms with van der Waals surface area (Å²) >= 11 is 0. The summed E-state index contributed by atoms with van der Waals surface area (Å²) in [6, 6.07) is 7.02. The van der Waals surface area contributed by atoms with Crippen molar-refractivity contribution >= 4 is 5.91 Å². The molecule has 1 aliphatic heterocycles. The van der Waals surface area contributed by atoms with Crippen molar-refractivity contribution in [2.45, 2.75) is 26.3 Å². The zero-order valence-corrected chi connectivity index (χ0v) is 10.6. The van der Waals surface area contributed by atoms with Crippen LogP contribution in [-0.4, -0.2) is 18.6 Å². The lowest BCUT2D eigenvalue weighted by atomic mass is 10.0. The number of carbonyl (C=O) groups excluding carboxylic acids is 1. The number of ether oxygens (including phenoxy) is 1. The van der Waals surface area contributed by atoms with E-state index in [0.29, 0.717) is 12.2 Å². The first kappa shape index (κ1) is 12.4. The Balaban J connectivity index is 2.12. The zero-order chi connectivity index (χ0) is 13.1. The fourth-order valence-electron chi connectivity index (χ4n) is 1.90. The maximum absolute atomic E-state index is 12.0. The van der Waals surface area contributed by atoms with Gasteiger partial charge in [0.2, 0.25) is 0 Å². The number of amides is 1. The quantitative estimate of drug-likeness (QED) is 0.883. The Morgan fingerprint density at radius 1 is 1.50 bits per heavy atom. The van der Waals surface area contributed by atoms with Gasteiger partial charge < -0.3 is 10.1 Å². The predicted molar refractivity (Wildman–Crippen MR) is 67.3 cm³/mol. The molecule has 1 unspecified atom stereocenters. The number of carbonyl (C=O) groups is 1. The van der Waals surface area contributed by atoms with Crippen molar-refractivity contribution in [3.63, 3.8) is 0 Å². The summed E-state index contributed by atoms with van der Waals surface area (Å²) < 4.78 is 5.39. The van der Waals surface area contributed by atoms with Crippen LogP contribution in [-0.2, 0) is 6.42 Å². The Labute approximate surface area is 107 Å². The van der Waals surface area contributed by atoms with Gasteiger partial charge in [-0.15, -0.1) is 0 Å². The number of hydrogen-bond donors (Lipinski definition) is 1. The third-order valence-electron chi connectivity index (χ3n) is 3.04. The summed E-state index contributed by atoms with van der Waals surface area (Å²) in [5.41, 5.74) is 1.64. The van der Waals surface area contributed by atoms with Crippen molar-refractivity contribution in [2.75, 3.05) is 6.61 Å². The van der Waals surface area contributed by atoms with Crippen LogP contribution >= 0.6 is 0 Å². The minimum atomic E-state index is -0.456. The van der Waals surface area contributed by atoms with E-state index < -0.39 is 6.04 Å². The second kappa shape index (κ2) is 5.09. The van der Waals surface area contributed by atoms with Crippen LogP contribution in [0.1, 0.15) is 29.8 Å². The first-order valence-electron chi connectivity index (χ1n) is 6.08. The van der Waals surface area contributed by atoms with Gasteiger partial charge in [-0.05, 0) is 29.7 Å². The van der Waals surface area contributed by atoms with Gasteiger partial charge in [0, 0.05) is 12.0 Å². The standard InChI is InChI=1S/C14H16N2O2/c1-9(2)12(8-15)16-14(17)11-3-4-13-10(7-11)5-6-18-13/h3-4,7,9,12H,5-6H2,1-2H3,(H,16,17). The van der Waals surface area contributed by atoms with E-state index >= 15 is 0 Å². The van der Waals surface area contributed by atoms with Gasteiger partial charge in [0.25, 0.3) is 5.91 Å². The minimum absolute atomic E-state index is 0.0942. The fraction of sp³-hybridized carbons (Fsp3) is 0.429. The molecule has 0 fully saturated rings. The van der Waals surface area contributed by atoms with E-state index in [1.807, 2.05) is 26.0 Å². The molecule has 1 amide bonds. The van der Waals surface area contributed by atoms with Crippen molar-refractivity contribution < 1.29 is 9.53 Å². The van der Waals surface area contributed by atoms with E-state index in [0.717, 1.165) is 17.7 Å². The molecule has 18 heavy (non-hydrogen) atoms. The first-order chi connectivity index (χ1) is 8.61. The largest absolute Gasteiger partial charge is 0.493 e. The van der Waals surface area contributed by atoms with Crippen molar-refractivity contribution in [3.8, 4) is 11.8 Å². The molecule has 4 nitrogen and oxygen atoms in total. The molecule has 0 saturated carbocycles. The van der Waals surface area contributed by atoms with E-state index in [1.54, 1.807) is 6.07 Å². The van der Waals surface area contributed by atoms with Crippen molar-refractivity contribution in [1.29, 1.82) is 5.26 Å². The number of nitrogens with zero attached hydrogens (tertiary/aromatic N) is 1. The zero-order valence-electron chi connectivity index (χ0n) is 10.6. The molecule has 1 aromatic carbocycles. The molecule has 0 aromatic heterocycles. The van der Waals surface area contributed by atoms with Crippen LogP contribution in [0.4, 0.5) is 0 Å². The molecule has 1 heterocycles. The molecule has 0 aliphatic carbocycles. The molecule has 1 aliphatic rings. The third-order valence-corrected chi connectivity index (χ3v) is 3.04. The number of rotatable bonds is 3. The Morgan fingerprint density at radius 2 is 2.28 bits per heavy atom. The molecule has 2 rings (SSSR count). The van der Waals surface area contributed by atoms with Gasteiger partial charge in [-0.25, -0.2) is 0 Å². The van der Waals surface area contributed by atoms with E-state index in [1.165, 1.54) is 0 Å². The van der Waals surface area contributed by atoms with Crippen molar-refractivity contribution in [1.82, 2.24) is 5.32 Å². The van der Waals surface area contributed by atoms with E-state index in [4.69, 9.17) is 10.00 Å². The fourth-order valence-corrected chi connectivity index (χ4v) is 1.90. The highest BCUT2D eigenvalue weighted by Crippen LogP contribution is 2.25. The highest BCUT2D eigenvalue weighted by atomic mass is 16.5. The van der Waals surface area contributed by atoms with Crippen LogP contribution in [0.5, 0.6) is 5.75 Å². The molecule has 1 aromatic rings. The summed E-state index contributed by atoms with van der Waals surface area (Å²) in [7, 11) is 0. The van der Waals surface area contributed by atoms with Crippen molar-refractivity contribution in [3.05, 3.63) is 29.3 Å². The van der Waals surface area contributed by atoms with E-state index in [2.05, 4.69) is 11.4 Å². The first-order valence-corrected chi connectivity index (χ1v) is 6.08. The highest BCUT2D eigenvalue weighted by molar-refractivity contribution is 5.95. The molecule has 1 N–H and O–H groups in total. The molecular weight excluding hydrogens is 228 g/mol. The van der Waals surface area contributed by atoms with Crippen LogP contribution in [0.2, 0.25) is 0 Å². The van der Waals surface area contributed by atoms with Gasteiger partial charge >= 0.3 is 0 Å². The van der Waals surface area contributed by atoms with Gasteiger partial charge in [0.15, 0.2) is 0 Å². The number of hydrogen-bond acceptors (Lipinski definition) is 3. The maximum atomic E-state index is 12.0. The average Bonchev–Trinajstić information content (AvgIpc) is 2.82. The molecule has 94 valence electrons. The Hall–Kier alpha value is -2.02. The van der Waals surface area contributed by atoms with Crippen LogP contribution < -0.4 is 10.1 Å². The second-order valence-corrected chi connectivity index (χ2v) is 4.75. The van der Waals surface area contributed by atoms with Crippen LogP contribution in [0.25, 0.3) is 0 Å². The average molecular weight is 244 g/mol. The molecule has 0 bridgehead atoms. The summed E-state index contributed by atoms with van der Waals surface area (Å²) in [5, 5.41) is 11.7. The Morgan fingerprint density at radius 3 is 2.94 bits per heavy atom. The van der Waals surface area contributed by atoms with Crippen LogP contribution in [0, 0.1) is 17.2 Å². The van der Waals surface area contributed by atoms with E-state index in [-0.39, 0.29) is 11.8 Å². The van der Waals surface area contributed by atoms with Gasteiger partial charge in [-0.1, -0.05) is 13.8 Å². The molecule has 0 spiro atoms. The van der Waals surface area contributed by atoms with Gasteiger partial charge in [-0.2, -0.15) is 5.26 Å². The summed E-state index contributed by atoms with van der Waals surface area (Å²) in [6.07, 6.45) is 0.836. The SMILES string of the molecule is CC(C)C(C#N)NC(=O)c1ccc2c(c1)CCO2. The molecule has 0 saturated heterocycles. The van der Waals surface area contributed by atoms with Gasteiger partial charge in [-0.3, -0.25) is 4.79 Å². The lowest BCUT2D eigenvalue weighted by Crippen LogP contribution is -2.37. The lowest BCUT2D eigenvalue weighted by molar-refractivity contribution is 0.0937. The van der Waals surface area contributed by atoms with Gasteiger partial charge in [0.05, 0.1) is 12.7 Å². The highest BCUT2D eigenvalue weighted by Gasteiger charge is 2.18. The summed E-state index contributed by atoms with van der Waals surface area (Å²) in [6.45, 7) is 4.49. The molecule has 0 radical (unpaired) electrons. The topological polar surface area (TPSA) is 62.1 Å². The van der Waals surface area contributed by atoms with Gasteiger partial charge in [0.1, 0.15) is 11.8 Å². The van der Waals surface area contributed by atoms with E-state index in [9.17, 15) is 4.79 Å². The normalized spacial score (nSPS) is 14.6. The maximum Gasteiger partial charge on any atom is 0.252 e. The number of benzene rings is 1. The molecular formula is C14H16N2O2. The lowest BCUT2D eigenvalue weighted by Gasteiger charge is -2.15. The summed E-state index contributed by atoms with van der Waals surface area (Å²) in [5.74, 6) is 0.744. The molecule has 4 heteroatoms. The number of nitriles is 1. The van der Waals surface area contributed by atoms with Crippen LogP contribution in [0.15, 0.2) is 18.2 Å². The predicted octanol–water partition coefficient (Wildman–Crippen LogP) is 1.90. The number of fused-ring (bicyclic) bond motifs is 1. The minimum Gasteiger partial charge on any atom is -0.493 e.